The van der Waals surface area contributed by atoms with Gasteiger partial charge in [0.1, 0.15) is 11.8 Å². The van der Waals surface area contributed by atoms with E-state index in [1.165, 1.54) is 30.6 Å². The summed E-state index contributed by atoms with van der Waals surface area (Å²) in [6, 6.07) is 14.3. The maximum atomic E-state index is 13.4. The van der Waals surface area contributed by atoms with Crippen molar-refractivity contribution in [2.75, 3.05) is 7.11 Å². The van der Waals surface area contributed by atoms with Crippen molar-refractivity contribution < 1.29 is 26.9 Å². The zero-order valence-electron chi connectivity index (χ0n) is 19.8. The molecule has 0 saturated carbocycles. The summed E-state index contributed by atoms with van der Waals surface area (Å²) >= 11 is 1.50. The monoisotopic (exact) mass is 532 g/mol. The quantitative estimate of drug-likeness (QED) is 0.344. The SMILES string of the molecule is CCc1nc([C@H](Cc2ccc(OS(N)(=O)=O)cc2)NC(=O)[C@H](Cc2ccccc2)NC(=O)OC)cs1. The fourth-order valence-corrected chi connectivity index (χ4v) is 4.64. The fraction of sp³-hybridized carbons (Fsp3) is 0.292. The average Bonchev–Trinajstić information content (AvgIpc) is 3.33. The summed E-state index contributed by atoms with van der Waals surface area (Å²) in [7, 11) is -2.89. The molecule has 0 radical (unpaired) electrons. The van der Waals surface area contributed by atoms with Crippen LogP contribution in [0.4, 0.5) is 4.79 Å². The second-order valence-electron chi connectivity index (χ2n) is 7.88. The lowest BCUT2D eigenvalue weighted by Gasteiger charge is -2.23. The summed E-state index contributed by atoms with van der Waals surface area (Å²) in [5, 5.41) is 13.3. The molecule has 0 bridgehead atoms. The molecular weight excluding hydrogens is 504 g/mol. The van der Waals surface area contributed by atoms with E-state index in [9.17, 15) is 18.0 Å². The van der Waals surface area contributed by atoms with Gasteiger partial charge in [-0.1, -0.05) is 49.4 Å². The molecule has 2 amide bonds. The molecule has 0 spiro atoms. The number of hydrogen-bond donors (Lipinski definition) is 3. The van der Waals surface area contributed by atoms with Crippen LogP contribution in [0.5, 0.6) is 5.75 Å². The van der Waals surface area contributed by atoms with Crippen LogP contribution in [0.25, 0.3) is 0 Å². The van der Waals surface area contributed by atoms with Gasteiger partial charge in [0.05, 0.1) is 23.9 Å². The molecule has 4 N–H and O–H groups in total. The third-order valence-corrected chi connectivity index (χ3v) is 6.63. The molecular formula is C24H28N4O6S2. The number of thiazole rings is 1. The number of benzene rings is 2. The number of ether oxygens (including phenoxy) is 1. The van der Waals surface area contributed by atoms with Crippen LogP contribution in [0, 0.1) is 0 Å². The number of rotatable bonds is 11. The van der Waals surface area contributed by atoms with Gasteiger partial charge in [0.2, 0.25) is 5.91 Å². The molecule has 0 aliphatic rings. The van der Waals surface area contributed by atoms with Crippen molar-refractivity contribution in [1.29, 1.82) is 0 Å². The molecule has 2 aromatic carbocycles. The van der Waals surface area contributed by atoms with Gasteiger partial charge in [-0.05, 0) is 36.1 Å². The Morgan fingerprint density at radius 1 is 1.03 bits per heavy atom. The van der Waals surface area contributed by atoms with Gasteiger partial charge in [-0.25, -0.2) is 9.78 Å². The van der Waals surface area contributed by atoms with Gasteiger partial charge in [-0.15, -0.1) is 11.3 Å². The Balaban J connectivity index is 1.82. The number of nitrogens with zero attached hydrogens (tertiary/aromatic N) is 1. The zero-order chi connectivity index (χ0) is 26.1. The lowest BCUT2D eigenvalue weighted by molar-refractivity contribution is -0.123. The van der Waals surface area contributed by atoms with Crippen molar-refractivity contribution >= 4 is 33.6 Å². The summed E-state index contributed by atoms with van der Waals surface area (Å²) in [6.07, 6.45) is 0.677. The van der Waals surface area contributed by atoms with Crippen LogP contribution in [-0.2, 0) is 39.1 Å². The van der Waals surface area contributed by atoms with Gasteiger partial charge < -0.3 is 19.6 Å². The number of carbonyl (C=O) groups excluding carboxylic acids is 2. The lowest BCUT2D eigenvalue weighted by atomic mass is 10.0. The Hall–Kier alpha value is -3.48. The van der Waals surface area contributed by atoms with Crippen molar-refractivity contribution in [3.63, 3.8) is 0 Å². The van der Waals surface area contributed by atoms with Crippen molar-refractivity contribution in [1.82, 2.24) is 15.6 Å². The van der Waals surface area contributed by atoms with E-state index < -0.39 is 34.4 Å². The van der Waals surface area contributed by atoms with Crippen molar-refractivity contribution in [2.45, 2.75) is 38.3 Å². The molecule has 192 valence electrons. The summed E-state index contributed by atoms with van der Waals surface area (Å²) in [4.78, 5) is 29.9. The normalized spacial score (nSPS) is 12.9. The molecule has 36 heavy (non-hydrogen) atoms. The summed E-state index contributed by atoms with van der Waals surface area (Å²) < 4.78 is 31.7. The van der Waals surface area contributed by atoms with Crippen LogP contribution in [0.2, 0.25) is 0 Å². The number of aryl methyl sites for hydroxylation is 1. The van der Waals surface area contributed by atoms with Gasteiger partial charge in [0.15, 0.2) is 0 Å². The van der Waals surface area contributed by atoms with Gasteiger partial charge in [0.25, 0.3) is 0 Å². The van der Waals surface area contributed by atoms with Crippen molar-refractivity contribution in [3.05, 3.63) is 81.8 Å². The Bertz CT molecular complexity index is 1260. The Labute approximate surface area is 214 Å². The zero-order valence-corrected chi connectivity index (χ0v) is 21.5. The van der Waals surface area contributed by atoms with Gasteiger partial charge in [-0.2, -0.15) is 13.6 Å². The molecule has 0 saturated heterocycles. The van der Waals surface area contributed by atoms with E-state index in [-0.39, 0.29) is 12.2 Å². The highest BCUT2D eigenvalue weighted by Gasteiger charge is 2.26. The predicted octanol–water partition coefficient (Wildman–Crippen LogP) is 2.66. The van der Waals surface area contributed by atoms with Crippen LogP contribution in [0.15, 0.2) is 60.0 Å². The molecule has 0 aliphatic carbocycles. The number of hydrogen-bond acceptors (Lipinski definition) is 8. The van der Waals surface area contributed by atoms with Crippen molar-refractivity contribution in [2.24, 2.45) is 5.14 Å². The molecule has 3 rings (SSSR count). The molecule has 1 heterocycles. The summed E-state index contributed by atoms with van der Waals surface area (Å²) in [5.74, 6) is -0.316. The topological polar surface area (TPSA) is 150 Å². The highest BCUT2D eigenvalue weighted by molar-refractivity contribution is 7.84. The maximum absolute atomic E-state index is 13.4. The molecule has 10 nitrogen and oxygen atoms in total. The van der Waals surface area contributed by atoms with E-state index in [0.717, 1.165) is 22.6 Å². The number of aromatic nitrogens is 1. The smallest absolute Gasteiger partial charge is 0.407 e. The lowest BCUT2D eigenvalue weighted by Crippen LogP contribution is -2.49. The maximum Gasteiger partial charge on any atom is 0.407 e. The van der Waals surface area contributed by atoms with Crippen LogP contribution >= 0.6 is 11.3 Å². The summed E-state index contributed by atoms with van der Waals surface area (Å²) in [5.41, 5.74) is 2.36. The van der Waals surface area contributed by atoms with E-state index >= 15 is 0 Å². The molecule has 12 heteroatoms. The number of amides is 2. The highest BCUT2D eigenvalue weighted by atomic mass is 32.2. The van der Waals surface area contributed by atoms with E-state index in [0.29, 0.717) is 12.1 Å². The van der Waals surface area contributed by atoms with Crippen LogP contribution in [0.1, 0.15) is 34.8 Å². The average molecular weight is 533 g/mol. The second kappa shape index (κ2) is 12.5. The second-order valence-corrected chi connectivity index (χ2v) is 9.98. The number of nitrogens with two attached hydrogens (primary N) is 1. The summed E-state index contributed by atoms with van der Waals surface area (Å²) in [6.45, 7) is 2.00. The first-order valence-electron chi connectivity index (χ1n) is 11.1. The minimum atomic E-state index is -4.13. The molecule has 0 fully saturated rings. The van der Waals surface area contributed by atoms with E-state index in [2.05, 4.69) is 19.8 Å². The third-order valence-electron chi connectivity index (χ3n) is 5.20. The number of methoxy groups -OCH3 is 1. The Morgan fingerprint density at radius 2 is 1.69 bits per heavy atom. The predicted molar refractivity (Wildman–Crippen MR) is 136 cm³/mol. The minimum absolute atomic E-state index is 0.0777. The molecule has 0 aliphatic heterocycles. The van der Waals surface area contributed by atoms with Crippen LogP contribution in [-0.4, -0.2) is 38.6 Å². The van der Waals surface area contributed by atoms with Gasteiger partial charge in [-0.3, -0.25) is 4.79 Å². The first-order valence-corrected chi connectivity index (χ1v) is 13.5. The van der Waals surface area contributed by atoms with Gasteiger partial charge in [0, 0.05) is 11.8 Å². The van der Waals surface area contributed by atoms with E-state index in [1.807, 2.05) is 42.6 Å². The van der Waals surface area contributed by atoms with E-state index in [4.69, 9.17) is 9.88 Å². The third kappa shape index (κ3) is 8.33. The molecule has 2 atom stereocenters. The number of alkyl carbamates (subject to hydrolysis) is 1. The molecule has 0 unspecified atom stereocenters. The first kappa shape index (κ1) is 27.1. The van der Waals surface area contributed by atoms with Crippen molar-refractivity contribution in [3.8, 4) is 5.75 Å². The molecule has 3 aromatic rings. The standard InChI is InChI=1S/C24H28N4O6S2/c1-3-22-26-21(15-35-22)19(13-17-9-11-18(12-10-17)34-36(25,31)32)27-23(29)20(28-24(30)33-2)14-16-7-5-4-6-8-16/h4-12,15,19-20H,3,13-14H2,1-2H3,(H,27,29)(H,28,30)(H2,25,31,32)/t19-,20-/m0/s1. The highest BCUT2D eigenvalue weighted by Crippen LogP contribution is 2.23. The van der Waals surface area contributed by atoms with Crippen LogP contribution < -0.4 is 20.0 Å². The largest absolute Gasteiger partial charge is 0.453 e. The Morgan fingerprint density at radius 3 is 2.28 bits per heavy atom. The number of nitrogens with one attached hydrogen (secondary N) is 2. The minimum Gasteiger partial charge on any atom is -0.453 e. The first-order chi connectivity index (χ1) is 17.2. The van der Waals surface area contributed by atoms with Crippen LogP contribution in [0.3, 0.4) is 0 Å². The Kier molecular flexibility index (Phi) is 9.39. The molecule has 1 aromatic heterocycles. The van der Waals surface area contributed by atoms with E-state index in [1.54, 1.807) is 12.1 Å². The van der Waals surface area contributed by atoms with Gasteiger partial charge >= 0.3 is 16.4 Å². The number of carbonyl (C=O) groups is 2. The fourth-order valence-electron chi connectivity index (χ4n) is 3.46.